The number of carbonyl (C=O) groups is 2. The van der Waals surface area contributed by atoms with Crippen LogP contribution >= 0.6 is 23.2 Å². The van der Waals surface area contributed by atoms with Gasteiger partial charge >= 0.3 is 0 Å². The number of rotatable bonds is 4. The van der Waals surface area contributed by atoms with E-state index < -0.39 is 5.91 Å². The first kappa shape index (κ1) is 23.1. The lowest BCUT2D eigenvalue weighted by Gasteiger charge is -2.13. The topological polar surface area (TPSA) is 83.7 Å². The van der Waals surface area contributed by atoms with Gasteiger partial charge in [-0.15, -0.1) is 0 Å². The zero-order chi connectivity index (χ0) is 24.5. The Morgan fingerprint density at radius 2 is 1.74 bits per heavy atom. The molecule has 1 aliphatic rings. The molecular formula is C27H21Cl2N3O3. The van der Waals surface area contributed by atoms with Gasteiger partial charge in [0.1, 0.15) is 5.76 Å². The fraction of sp³-hybridized carbons (Fsp3) is 0.148. The summed E-state index contributed by atoms with van der Waals surface area (Å²) in [6.45, 7) is 1.82. The number of fused-ring (bicyclic) bond motifs is 2. The molecule has 176 valence electrons. The quantitative estimate of drug-likeness (QED) is 0.300. The summed E-state index contributed by atoms with van der Waals surface area (Å²) in [5.74, 6) is 0.205. The number of hydrazone groups is 1. The van der Waals surface area contributed by atoms with Crippen LogP contribution in [0.2, 0.25) is 10.0 Å². The van der Waals surface area contributed by atoms with E-state index in [0.29, 0.717) is 51.2 Å². The number of hydrogen-bond acceptors (Lipinski definition) is 4. The van der Waals surface area contributed by atoms with Gasteiger partial charge in [-0.2, -0.15) is 5.10 Å². The highest BCUT2D eigenvalue weighted by Crippen LogP contribution is 2.31. The van der Waals surface area contributed by atoms with Gasteiger partial charge < -0.3 is 9.73 Å². The van der Waals surface area contributed by atoms with Crippen molar-refractivity contribution >= 4 is 57.2 Å². The van der Waals surface area contributed by atoms with Crippen molar-refractivity contribution in [2.45, 2.75) is 26.2 Å². The molecule has 0 radical (unpaired) electrons. The van der Waals surface area contributed by atoms with Gasteiger partial charge in [0.25, 0.3) is 11.8 Å². The Bertz CT molecular complexity index is 1500. The number of hydrogen-bond donors (Lipinski definition) is 2. The number of furan rings is 1. The highest BCUT2D eigenvalue weighted by molar-refractivity contribution is 6.42. The Labute approximate surface area is 211 Å². The molecular weight excluding hydrogens is 485 g/mol. The number of carbonyl (C=O) groups excluding carboxylic acids is 2. The highest BCUT2D eigenvalue weighted by atomic mass is 35.5. The van der Waals surface area contributed by atoms with Gasteiger partial charge in [-0.3, -0.25) is 9.59 Å². The number of amides is 2. The van der Waals surface area contributed by atoms with E-state index in [-0.39, 0.29) is 11.7 Å². The molecule has 0 bridgehead atoms. The average molecular weight is 506 g/mol. The second kappa shape index (κ2) is 9.56. The molecule has 0 aliphatic heterocycles. The van der Waals surface area contributed by atoms with Crippen LogP contribution < -0.4 is 10.7 Å². The normalized spacial score (nSPS) is 14.1. The number of benzene rings is 3. The zero-order valence-electron chi connectivity index (χ0n) is 18.8. The van der Waals surface area contributed by atoms with Crippen molar-refractivity contribution in [3.63, 3.8) is 0 Å². The fourth-order valence-electron chi connectivity index (χ4n) is 4.36. The van der Waals surface area contributed by atoms with E-state index in [0.717, 1.165) is 22.8 Å². The number of nitrogens with one attached hydrogen (secondary N) is 2. The molecule has 5 rings (SSSR count). The summed E-state index contributed by atoms with van der Waals surface area (Å²) in [7, 11) is 0. The average Bonchev–Trinajstić information content (AvgIpc) is 3.21. The first-order valence-electron chi connectivity index (χ1n) is 11.2. The Hall–Kier alpha value is -3.61. The molecule has 1 aliphatic carbocycles. The Balaban J connectivity index is 1.40. The molecule has 0 unspecified atom stereocenters. The summed E-state index contributed by atoms with van der Waals surface area (Å²) in [6.07, 6.45) is 2.15. The van der Waals surface area contributed by atoms with Crippen molar-refractivity contribution in [1.82, 2.24) is 5.43 Å². The summed E-state index contributed by atoms with van der Waals surface area (Å²) in [4.78, 5) is 25.9. The van der Waals surface area contributed by atoms with Crippen molar-refractivity contribution in [2.75, 3.05) is 5.32 Å². The summed E-state index contributed by atoms with van der Waals surface area (Å²) < 4.78 is 5.94. The molecule has 2 N–H and O–H groups in total. The van der Waals surface area contributed by atoms with Gasteiger partial charge in [-0.05, 0) is 54.8 Å². The molecule has 6 nitrogen and oxygen atoms in total. The van der Waals surface area contributed by atoms with Crippen molar-refractivity contribution in [2.24, 2.45) is 5.10 Å². The molecule has 1 aromatic heterocycles. The molecule has 0 atom stereocenters. The van der Waals surface area contributed by atoms with Crippen LogP contribution in [0.1, 0.15) is 50.6 Å². The van der Waals surface area contributed by atoms with Crippen LogP contribution in [-0.2, 0) is 6.42 Å². The van der Waals surface area contributed by atoms with Gasteiger partial charge in [0, 0.05) is 28.8 Å². The lowest BCUT2D eigenvalue weighted by molar-refractivity contribution is 0.0955. The van der Waals surface area contributed by atoms with Crippen LogP contribution in [0.25, 0.3) is 10.8 Å². The Morgan fingerprint density at radius 3 is 2.57 bits per heavy atom. The van der Waals surface area contributed by atoms with Crippen LogP contribution in [0.15, 0.2) is 70.2 Å². The molecule has 0 saturated heterocycles. The summed E-state index contributed by atoms with van der Waals surface area (Å²) >= 11 is 12.0. The van der Waals surface area contributed by atoms with Crippen molar-refractivity contribution < 1.29 is 14.0 Å². The van der Waals surface area contributed by atoms with Crippen LogP contribution in [0, 0.1) is 6.92 Å². The second-order valence-electron chi connectivity index (χ2n) is 8.32. The molecule has 35 heavy (non-hydrogen) atoms. The van der Waals surface area contributed by atoms with E-state index in [1.807, 2.05) is 43.3 Å². The second-order valence-corrected chi connectivity index (χ2v) is 9.13. The molecule has 0 spiro atoms. The molecule has 2 amide bonds. The lowest BCUT2D eigenvalue weighted by atomic mass is 9.93. The fourth-order valence-corrected chi connectivity index (χ4v) is 4.66. The van der Waals surface area contributed by atoms with Gasteiger partial charge in [-0.1, -0.05) is 59.6 Å². The standard InChI is InChI=1S/C27H21Cl2N3O3/c1-15-24-22(31-32-26(33)19-9-4-7-16-6-2-3-8-18(16)19)10-5-11-23(24)35-25(15)27(34)30-17-12-13-20(28)21(29)14-17/h2-4,6-9,12-14H,5,10-11H2,1H3,(H,30,34)(H,32,33)/b31-22+. The minimum Gasteiger partial charge on any atom is -0.455 e. The summed E-state index contributed by atoms with van der Waals surface area (Å²) in [5.41, 5.74) is 5.90. The molecule has 3 aromatic carbocycles. The van der Waals surface area contributed by atoms with E-state index in [4.69, 9.17) is 27.6 Å². The predicted molar refractivity (Wildman–Crippen MR) is 139 cm³/mol. The van der Waals surface area contributed by atoms with Gasteiger partial charge in [0.05, 0.1) is 15.8 Å². The largest absolute Gasteiger partial charge is 0.455 e. The third-order valence-electron chi connectivity index (χ3n) is 6.04. The maximum Gasteiger partial charge on any atom is 0.291 e. The van der Waals surface area contributed by atoms with Crippen molar-refractivity contribution in [1.29, 1.82) is 0 Å². The van der Waals surface area contributed by atoms with E-state index in [9.17, 15) is 9.59 Å². The number of anilines is 1. The predicted octanol–water partition coefficient (Wildman–Crippen LogP) is 6.77. The smallest absolute Gasteiger partial charge is 0.291 e. The van der Waals surface area contributed by atoms with Crippen molar-refractivity contribution in [3.8, 4) is 0 Å². The van der Waals surface area contributed by atoms with E-state index in [1.165, 1.54) is 0 Å². The number of aryl methyl sites for hydroxylation is 1. The van der Waals surface area contributed by atoms with Crippen LogP contribution in [0.5, 0.6) is 0 Å². The Morgan fingerprint density at radius 1 is 0.943 bits per heavy atom. The van der Waals surface area contributed by atoms with Crippen molar-refractivity contribution in [3.05, 3.63) is 98.9 Å². The zero-order valence-corrected chi connectivity index (χ0v) is 20.3. The van der Waals surface area contributed by atoms with Crippen LogP contribution in [0.3, 0.4) is 0 Å². The molecule has 8 heteroatoms. The SMILES string of the molecule is Cc1c(C(=O)Nc2ccc(Cl)c(Cl)c2)oc2c1/C(=N/NC(=O)c1cccc3ccccc13)CCC2. The Kier molecular flexibility index (Phi) is 6.32. The monoisotopic (exact) mass is 505 g/mol. The molecule has 0 saturated carbocycles. The van der Waals surface area contributed by atoms with Crippen LogP contribution in [-0.4, -0.2) is 17.5 Å². The summed E-state index contributed by atoms with van der Waals surface area (Å²) in [5, 5.41) is 9.82. The summed E-state index contributed by atoms with van der Waals surface area (Å²) in [6, 6.07) is 18.2. The minimum absolute atomic E-state index is 0.205. The minimum atomic E-state index is -0.394. The maximum absolute atomic E-state index is 12.9. The maximum atomic E-state index is 12.9. The highest BCUT2D eigenvalue weighted by Gasteiger charge is 2.28. The van der Waals surface area contributed by atoms with Crippen LogP contribution in [0.4, 0.5) is 5.69 Å². The van der Waals surface area contributed by atoms with E-state index in [2.05, 4.69) is 15.8 Å². The number of halogens is 2. The lowest BCUT2D eigenvalue weighted by Crippen LogP contribution is -2.22. The van der Waals surface area contributed by atoms with E-state index >= 15 is 0 Å². The van der Waals surface area contributed by atoms with E-state index in [1.54, 1.807) is 24.3 Å². The van der Waals surface area contributed by atoms with Gasteiger partial charge in [-0.25, -0.2) is 5.43 Å². The molecule has 1 heterocycles. The molecule has 0 fully saturated rings. The number of nitrogens with zero attached hydrogens (tertiary/aromatic N) is 1. The molecule has 4 aromatic rings. The first-order valence-corrected chi connectivity index (χ1v) is 11.9. The third kappa shape index (κ3) is 4.55. The first-order chi connectivity index (χ1) is 16.9. The van der Waals surface area contributed by atoms with Gasteiger partial charge in [0.15, 0.2) is 5.76 Å². The van der Waals surface area contributed by atoms with Gasteiger partial charge in [0.2, 0.25) is 0 Å². The third-order valence-corrected chi connectivity index (χ3v) is 6.78.